The second-order valence-corrected chi connectivity index (χ2v) is 32.1. The van der Waals surface area contributed by atoms with E-state index in [1.807, 2.05) is 97.6 Å². The first kappa shape index (κ1) is 85.4. The van der Waals surface area contributed by atoms with E-state index in [2.05, 4.69) is 82.2 Å². The molecule has 0 bridgehead atoms. The minimum Gasteiger partial charge on any atom is -0.494 e. The van der Waals surface area contributed by atoms with Crippen molar-refractivity contribution < 1.29 is 9.47 Å². The van der Waals surface area contributed by atoms with E-state index in [9.17, 15) is 11.8 Å². The zero-order valence-corrected chi connectivity index (χ0v) is 70.0. The Morgan fingerprint density at radius 2 is 0.724 bits per heavy atom. The third-order valence-corrected chi connectivity index (χ3v) is 23.4. The number of fused-ring (bicyclic) bond motifs is 3. The molecule has 0 unspecified atom stereocenters. The topological polar surface area (TPSA) is 160 Å². The summed E-state index contributed by atoms with van der Waals surface area (Å²) in [5.74, 6) is 1.44. The average molecular weight is 1580 g/mol. The Kier molecular flexibility index (Phi) is 34.4. The van der Waals surface area contributed by atoms with Crippen LogP contribution in [0.15, 0.2) is 195 Å². The predicted octanol–water partition coefficient (Wildman–Crippen LogP) is 22.5. The summed E-state index contributed by atoms with van der Waals surface area (Å²) in [5, 5.41) is 15.4. The number of nitriles is 1. The first-order chi connectivity index (χ1) is 57.4. The van der Waals surface area contributed by atoms with Gasteiger partial charge in [-0.05, 0) is 143 Å². The highest BCUT2D eigenvalue weighted by Crippen LogP contribution is 2.39. The maximum absolute atomic E-state index is 12.6. The normalized spacial score (nSPS) is 12.0. The maximum atomic E-state index is 12.6. The minimum atomic E-state index is -0.753. The van der Waals surface area contributed by atoms with E-state index in [4.69, 9.17) is 72.5 Å². The fourth-order valence-electron chi connectivity index (χ4n) is 16.6. The summed E-state index contributed by atoms with van der Waals surface area (Å²) in [5.41, 5.74) is 9.19. The molecule has 0 saturated carbocycles. The fraction of sp³-hybridized carbons (Fsp3) is 0.408. The zero-order chi connectivity index (χ0) is 80.1. The highest BCUT2D eigenvalue weighted by molar-refractivity contribution is 6.85. The summed E-state index contributed by atoms with van der Waals surface area (Å²) in [7, 11) is 0. The van der Waals surface area contributed by atoms with Crippen LogP contribution in [0.5, 0.6) is 11.5 Å². The van der Waals surface area contributed by atoms with Crippen LogP contribution in [0, 0.1) is 17.9 Å². The molecule has 0 amide bonds. The van der Waals surface area contributed by atoms with Crippen molar-refractivity contribution in [2.24, 2.45) is 0 Å². The molecule has 0 radical (unpaired) electrons. The lowest BCUT2D eigenvalue weighted by atomic mass is 9.50. The third kappa shape index (κ3) is 23.4. The van der Waals surface area contributed by atoms with Crippen LogP contribution in [0.2, 0.25) is 10.0 Å². The van der Waals surface area contributed by atoms with Crippen molar-refractivity contribution in [3.8, 4) is 40.1 Å². The van der Waals surface area contributed by atoms with Gasteiger partial charge in [-0.3, -0.25) is 34.9 Å². The van der Waals surface area contributed by atoms with Crippen LogP contribution in [0.3, 0.4) is 0 Å². The van der Waals surface area contributed by atoms with Crippen LogP contribution in [-0.2, 0) is 0 Å². The molecule has 4 aromatic carbocycles. The molecule has 8 aromatic heterocycles. The van der Waals surface area contributed by atoms with Gasteiger partial charge in [-0.1, -0.05) is 292 Å². The number of rotatable bonds is 50. The van der Waals surface area contributed by atoms with Crippen molar-refractivity contribution in [2.75, 3.05) is 13.2 Å². The van der Waals surface area contributed by atoms with Gasteiger partial charge in [0.05, 0.1) is 69.1 Å². The number of unbranched alkanes of at least 4 members (excludes halogenated alkanes) is 34. The molecule has 0 aliphatic carbocycles. The standard InChI is InChI=1S/C98H114B2Cl2N12O2/c1-4-6-8-10-12-14-16-18-20-22-24-26-28-30-32-34-36-40-64-115-81-56-52-75(53-57-81)95-92-93(98(94(104-3)91-74-110-88-66-84(101)85(102)67-89(88)112-91)114(95)100(79-48-44-62-107-71-79)80-49-45-63-108-72-80)96(76-54-58-82(59-55-76)116-65-41-37-35-33-31-29-27-25-23-21-19-17-15-13-11-9-7-5-2)113(99(77-46-42-60-105-69-77)78-47-43-61-106-70-78)97(92)83(68-103)90-73-109-86-50-38-39-51-87(86)111-90/h38-39,42-63,66-67,69-74H,4-37,40-41,64-65H2,1-2H3/b97-83-,98-94+. The summed E-state index contributed by atoms with van der Waals surface area (Å²) in [6.45, 7) is 14.0. The first-order valence-corrected chi connectivity index (χ1v) is 44.4. The number of para-hydroxylation sites is 2. The van der Waals surface area contributed by atoms with Crippen molar-refractivity contribution in [1.29, 1.82) is 5.26 Å². The van der Waals surface area contributed by atoms with Crippen LogP contribution >= 0.6 is 23.2 Å². The lowest BCUT2D eigenvalue weighted by Crippen LogP contribution is -2.54. The molecule has 12 rings (SSSR count). The number of hydrogen-bond donors (Lipinski definition) is 0. The Morgan fingerprint density at radius 3 is 1.09 bits per heavy atom. The Morgan fingerprint density at radius 1 is 0.388 bits per heavy atom. The largest absolute Gasteiger partial charge is 0.494 e. The van der Waals surface area contributed by atoms with Crippen molar-refractivity contribution in [2.45, 2.75) is 245 Å². The summed E-state index contributed by atoms with van der Waals surface area (Å²) in [6, 6.07) is 46.3. The molecule has 0 N–H and O–H groups in total. The highest BCUT2D eigenvalue weighted by atomic mass is 35.5. The Balaban J connectivity index is 0.971. The molecule has 0 atom stereocenters. The predicted molar refractivity (Wildman–Crippen MR) is 483 cm³/mol. The van der Waals surface area contributed by atoms with Crippen molar-refractivity contribution in [1.82, 2.24) is 48.8 Å². The Bertz CT molecular complexity index is 5050. The van der Waals surface area contributed by atoms with Crippen molar-refractivity contribution >= 4 is 103 Å². The molecule has 18 heteroatoms. The van der Waals surface area contributed by atoms with Gasteiger partial charge in [0.2, 0.25) is 5.70 Å². The van der Waals surface area contributed by atoms with Crippen molar-refractivity contribution in [3.63, 3.8) is 0 Å². The number of aromatic nitrogens is 10. The minimum absolute atomic E-state index is 0.154. The number of halogens is 2. The van der Waals surface area contributed by atoms with Gasteiger partial charge in [0.25, 0.3) is 0 Å². The van der Waals surface area contributed by atoms with E-state index in [1.165, 1.54) is 205 Å². The van der Waals surface area contributed by atoms with Crippen LogP contribution in [0.4, 0.5) is 0 Å². The summed E-state index contributed by atoms with van der Waals surface area (Å²) in [6.07, 6.45) is 64.9. The Hall–Kier alpha value is -9.99. The van der Waals surface area contributed by atoms with E-state index < -0.39 is 13.7 Å². The van der Waals surface area contributed by atoms with E-state index in [-0.39, 0.29) is 17.0 Å². The van der Waals surface area contributed by atoms with Gasteiger partial charge in [0, 0.05) is 83.3 Å². The number of pyridine rings is 4. The van der Waals surface area contributed by atoms with Crippen LogP contribution in [-0.4, -0.2) is 75.7 Å². The van der Waals surface area contributed by atoms with E-state index in [1.54, 1.807) is 49.3 Å². The lowest BCUT2D eigenvalue weighted by Gasteiger charge is -2.24. The molecule has 0 aliphatic rings. The smallest absolute Gasteiger partial charge is 0.331 e. The van der Waals surface area contributed by atoms with E-state index in [0.717, 1.165) is 70.2 Å². The quantitative estimate of drug-likeness (QED) is 0.0203. The molecule has 0 fully saturated rings. The lowest BCUT2D eigenvalue weighted by molar-refractivity contribution is 0.304. The van der Waals surface area contributed by atoms with Crippen molar-refractivity contribution in [3.05, 3.63) is 239 Å². The molecular formula is C98H114B2Cl2N12O2. The number of hydrogen-bond acceptors (Lipinski definition) is 11. The second kappa shape index (κ2) is 46.7. The molecule has 0 spiro atoms. The van der Waals surface area contributed by atoms with E-state index >= 15 is 0 Å². The second-order valence-electron chi connectivity index (χ2n) is 31.3. The van der Waals surface area contributed by atoms with Gasteiger partial charge in [-0.25, -0.2) is 9.83 Å². The van der Waals surface area contributed by atoms with Gasteiger partial charge in [0.15, 0.2) is 0 Å². The maximum Gasteiger partial charge on any atom is 0.331 e. The first-order valence-electron chi connectivity index (χ1n) is 43.6. The van der Waals surface area contributed by atoms with Gasteiger partial charge < -0.3 is 18.4 Å². The van der Waals surface area contributed by atoms with E-state index in [0.29, 0.717) is 83.9 Å². The zero-order valence-electron chi connectivity index (χ0n) is 68.4. The molecule has 116 heavy (non-hydrogen) atoms. The summed E-state index contributed by atoms with van der Waals surface area (Å²) in [4.78, 5) is 44.6. The monoisotopic (exact) mass is 1580 g/mol. The van der Waals surface area contributed by atoms with Gasteiger partial charge in [0.1, 0.15) is 28.8 Å². The molecule has 8 heterocycles. The van der Waals surface area contributed by atoms with Crippen LogP contribution in [0.1, 0.15) is 256 Å². The molecule has 12 aromatic rings. The van der Waals surface area contributed by atoms with Crippen LogP contribution < -0.4 is 42.0 Å². The molecular weight excluding hydrogens is 1470 g/mol. The number of ether oxygens (including phenoxy) is 2. The number of benzene rings is 4. The third-order valence-electron chi connectivity index (χ3n) is 22.7. The average Bonchev–Trinajstić information content (AvgIpc) is 1.52. The Labute approximate surface area is 699 Å². The molecule has 598 valence electrons. The SMILES string of the molecule is [C-]#[N+]/C(c1cnc2cc(Cl)c(Cl)cc2n1)=c1\c2c(-c3ccc(OCCCCCCCCCCCCCCCCCCCC)cc3)n(B(c3cccnc3)c3cccnc3)/c(=C(/C#N)c3cnc4ccccc4n3)c2c(-c2ccc(OCCCCCCCCCCCCCCCCCCCC)cc2)n1B(c1cccnc1)c1cccnc1. The molecule has 0 aliphatic heterocycles. The highest BCUT2D eigenvalue weighted by Gasteiger charge is 2.38. The molecule has 0 saturated heterocycles. The number of nitrogens with zero attached hydrogens (tertiary/aromatic N) is 12. The fourth-order valence-corrected chi connectivity index (χ4v) is 16.9. The van der Waals surface area contributed by atoms with Crippen LogP contribution in [0.25, 0.3) is 71.5 Å². The summed E-state index contributed by atoms with van der Waals surface area (Å²) < 4.78 is 17.8. The van der Waals surface area contributed by atoms with Gasteiger partial charge >= 0.3 is 13.7 Å². The summed E-state index contributed by atoms with van der Waals surface area (Å²) >= 11 is 13.6. The van der Waals surface area contributed by atoms with Gasteiger partial charge in [-0.15, -0.1) is 0 Å². The molecule has 14 nitrogen and oxygen atoms in total. The van der Waals surface area contributed by atoms with Gasteiger partial charge in [-0.2, -0.15) is 5.26 Å².